The second kappa shape index (κ2) is 9.89. The van der Waals surface area contributed by atoms with Crippen molar-refractivity contribution < 1.29 is 13.9 Å². The van der Waals surface area contributed by atoms with Crippen molar-refractivity contribution in [2.75, 3.05) is 17.2 Å². The van der Waals surface area contributed by atoms with Gasteiger partial charge in [0, 0.05) is 16.3 Å². The molecule has 3 rings (SSSR count). The largest absolute Gasteiger partial charge is 0.462 e. The van der Waals surface area contributed by atoms with Crippen molar-refractivity contribution in [3.05, 3.63) is 75.8 Å². The lowest BCUT2D eigenvalue weighted by molar-refractivity contribution is 0.0526. The molecule has 2 N–H and O–H groups in total. The van der Waals surface area contributed by atoms with E-state index in [1.807, 2.05) is 13.8 Å². The highest BCUT2D eigenvalue weighted by Crippen LogP contribution is 2.24. The lowest BCUT2D eigenvalue weighted by Gasteiger charge is -2.12. The van der Waals surface area contributed by atoms with Crippen molar-refractivity contribution in [1.29, 1.82) is 0 Å². The van der Waals surface area contributed by atoms with E-state index in [0.717, 1.165) is 11.4 Å². The van der Waals surface area contributed by atoms with Gasteiger partial charge in [0.25, 0.3) is 0 Å². The average Bonchev–Trinajstić information content (AvgIpc) is 2.99. The van der Waals surface area contributed by atoms with E-state index >= 15 is 0 Å². The summed E-state index contributed by atoms with van der Waals surface area (Å²) >= 11 is 11.6. The minimum atomic E-state index is -0.377. The lowest BCUT2D eigenvalue weighted by Crippen LogP contribution is -2.20. The van der Waals surface area contributed by atoms with E-state index in [9.17, 15) is 9.18 Å². The van der Waals surface area contributed by atoms with Gasteiger partial charge in [-0.3, -0.25) is 4.68 Å². The first-order valence-electron chi connectivity index (χ1n) is 9.62. The first kappa shape index (κ1) is 22.7. The Bertz CT molecular complexity index is 1100. The molecule has 0 atom stereocenters. The van der Waals surface area contributed by atoms with Gasteiger partial charge in [-0.15, -0.1) is 0 Å². The van der Waals surface area contributed by atoms with Gasteiger partial charge in [-0.2, -0.15) is 5.10 Å². The predicted molar refractivity (Wildman–Crippen MR) is 124 cm³/mol. The molecule has 0 unspecified atom stereocenters. The van der Waals surface area contributed by atoms with Crippen LogP contribution in [-0.2, 0) is 11.3 Å². The number of halogens is 2. The van der Waals surface area contributed by atoms with Gasteiger partial charge < -0.3 is 15.4 Å². The monoisotopic (exact) mass is 460 g/mol. The van der Waals surface area contributed by atoms with Crippen LogP contribution in [0.25, 0.3) is 0 Å². The number of rotatable bonds is 6. The topological polar surface area (TPSA) is 68.2 Å². The second-order valence-electron chi connectivity index (χ2n) is 6.78. The summed E-state index contributed by atoms with van der Waals surface area (Å²) in [5.41, 5.74) is 3.79. The van der Waals surface area contributed by atoms with E-state index in [1.165, 1.54) is 6.07 Å². The summed E-state index contributed by atoms with van der Waals surface area (Å²) in [4.78, 5) is 11.7. The number of carbonyl (C=O) groups excluding carboxylic acids is 1. The number of nitrogens with one attached hydrogen (secondary N) is 2. The third-order valence-electron chi connectivity index (χ3n) is 4.64. The number of carbonyl (C=O) groups is 1. The summed E-state index contributed by atoms with van der Waals surface area (Å²) in [5.74, 6) is -0.749. The Morgan fingerprint density at radius 3 is 2.55 bits per heavy atom. The third-order valence-corrected chi connectivity index (χ3v) is 5.20. The molecule has 0 bridgehead atoms. The smallest absolute Gasteiger partial charge is 0.338 e. The number of hydrogen-bond acceptors (Lipinski definition) is 4. The van der Waals surface area contributed by atoms with E-state index in [1.54, 1.807) is 48.0 Å². The summed E-state index contributed by atoms with van der Waals surface area (Å²) < 4.78 is 20.8. The number of aromatic nitrogens is 2. The predicted octanol–water partition coefficient (Wildman–Crippen LogP) is 5.33. The van der Waals surface area contributed by atoms with E-state index in [2.05, 4.69) is 15.7 Å². The third kappa shape index (κ3) is 5.39. The van der Waals surface area contributed by atoms with Crippen LogP contribution in [0.2, 0.25) is 5.02 Å². The molecule has 1 heterocycles. The van der Waals surface area contributed by atoms with Crippen LogP contribution >= 0.6 is 23.8 Å². The standard InChI is InChI=1S/C22H22ClFN4O2S/c1-4-30-21(29)15-8-10-16(11-9-15)25-22(31)26-20-13(2)27-28(14(20)3)12-17-18(23)6-5-7-19(17)24/h5-11H,4,12H2,1-3H3,(H2,25,26,31). The molecule has 2 aromatic carbocycles. The van der Waals surface area contributed by atoms with Gasteiger partial charge in [0.1, 0.15) is 5.82 Å². The molecule has 0 spiro atoms. The highest BCUT2D eigenvalue weighted by atomic mass is 35.5. The fraction of sp³-hybridized carbons (Fsp3) is 0.227. The molecule has 162 valence electrons. The number of benzene rings is 2. The van der Waals surface area contributed by atoms with Crippen LogP contribution in [0.1, 0.15) is 34.2 Å². The van der Waals surface area contributed by atoms with Gasteiger partial charge >= 0.3 is 5.97 Å². The maximum absolute atomic E-state index is 14.1. The van der Waals surface area contributed by atoms with Gasteiger partial charge in [0.15, 0.2) is 5.11 Å². The van der Waals surface area contributed by atoms with Crippen LogP contribution in [0.4, 0.5) is 15.8 Å². The minimum Gasteiger partial charge on any atom is -0.462 e. The Balaban J connectivity index is 1.70. The Labute approximate surface area is 190 Å². The number of aryl methyl sites for hydroxylation is 1. The molecule has 0 amide bonds. The zero-order valence-electron chi connectivity index (χ0n) is 17.3. The summed E-state index contributed by atoms with van der Waals surface area (Å²) in [6.07, 6.45) is 0. The van der Waals surface area contributed by atoms with Crippen LogP contribution in [0, 0.1) is 19.7 Å². The first-order valence-corrected chi connectivity index (χ1v) is 10.4. The molecule has 0 saturated heterocycles. The van der Waals surface area contributed by atoms with Crippen molar-refractivity contribution in [2.24, 2.45) is 0 Å². The molecular weight excluding hydrogens is 439 g/mol. The highest BCUT2D eigenvalue weighted by Gasteiger charge is 2.16. The number of hydrogen-bond donors (Lipinski definition) is 2. The highest BCUT2D eigenvalue weighted by molar-refractivity contribution is 7.80. The first-order chi connectivity index (χ1) is 14.8. The molecule has 9 heteroatoms. The molecule has 0 saturated carbocycles. The van der Waals surface area contributed by atoms with Gasteiger partial charge in [-0.05, 0) is 69.4 Å². The Morgan fingerprint density at radius 1 is 1.19 bits per heavy atom. The van der Waals surface area contributed by atoms with Crippen LogP contribution in [0.15, 0.2) is 42.5 Å². The SMILES string of the molecule is CCOC(=O)c1ccc(NC(=S)Nc2c(C)nn(Cc3c(F)cccc3Cl)c2C)cc1. The van der Waals surface area contributed by atoms with Gasteiger partial charge in [-0.1, -0.05) is 17.7 Å². The number of esters is 1. The normalized spacial score (nSPS) is 10.6. The molecule has 0 radical (unpaired) electrons. The molecule has 1 aromatic heterocycles. The Hall–Kier alpha value is -2.97. The van der Waals surface area contributed by atoms with Crippen LogP contribution in [0.3, 0.4) is 0 Å². The van der Waals surface area contributed by atoms with Crippen LogP contribution < -0.4 is 10.6 Å². The molecule has 0 aliphatic carbocycles. The fourth-order valence-electron chi connectivity index (χ4n) is 3.04. The summed E-state index contributed by atoms with van der Waals surface area (Å²) in [7, 11) is 0. The number of anilines is 2. The minimum absolute atomic E-state index is 0.204. The van der Waals surface area contributed by atoms with E-state index < -0.39 is 0 Å². The quantitative estimate of drug-likeness (QED) is 0.383. The number of nitrogens with zero attached hydrogens (tertiary/aromatic N) is 2. The zero-order valence-corrected chi connectivity index (χ0v) is 18.9. The number of ether oxygens (including phenoxy) is 1. The van der Waals surface area contributed by atoms with Crippen molar-refractivity contribution in [3.8, 4) is 0 Å². The maximum Gasteiger partial charge on any atom is 0.338 e. The molecule has 0 aliphatic rings. The molecule has 31 heavy (non-hydrogen) atoms. The van der Waals surface area contributed by atoms with Gasteiger partial charge in [-0.25, -0.2) is 9.18 Å². The Morgan fingerprint density at radius 2 is 1.90 bits per heavy atom. The van der Waals surface area contributed by atoms with Crippen LogP contribution in [-0.4, -0.2) is 27.5 Å². The van der Waals surface area contributed by atoms with Crippen LogP contribution in [0.5, 0.6) is 0 Å². The molecule has 0 aliphatic heterocycles. The molecule has 6 nitrogen and oxygen atoms in total. The van der Waals surface area contributed by atoms with E-state index in [4.69, 9.17) is 28.6 Å². The summed E-state index contributed by atoms with van der Waals surface area (Å²) in [6.45, 7) is 5.99. The van der Waals surface area contributed by atoms with Crippen molar-refractivity contribution in [1.82, 2.24) is 9.78 Å². The van der Waals surface area contributed by atoms with E-state index in [-0.39, 0.29) is 18.3 Å². The number of thiocarbonyl (C=S) groups is 1. The average molecular weight is 461 g/mol. The van der Waals surface area contributed by atoms with E-state index in [0.29, 0.717) is 39.3 Å². The molecular formula is C22H22ClFN4O2S. The van der Waals surface area contributed by atoms with Gasteiger partial charge in [0.2, 0.25) is 0 Å². The molecule has 0 fully saturated rings. The van der Waals surface area contributed by atoms with Gasteiger partial charge in [0.05, 0.1) is 35.8 Å². The second-order valence-corrected chi connectivity index (χ2v) is 7.60. The zero-order chi connectivity index (χ0) is 22.5. The lowest BCUT2D eigenvalue weighted by atomic mass is 10.2. The summed E-state index contributed by atoms with van der Waals surface area (Å²) in [5, 5.41) is 11.4. The molecule has 3 aromatic rings. The Kier molecular flexibility index (Phi) is 7.25. The van der Waals surface area contributed by atoms with Crippen molar-refractivity contribution in [3.63, 3.8) is 0 Å². The maximum atomic E-state index is 14.1. The summed E-state index contributed by atoms with van der Waals surface area (Å²) in [6, 6.07) is 11.4. The fourth-order valence-corrected chi connectivity index (χ4v) is 3.49. The van der Waals surface area contributed by atoms with Crippen molar-refractivity contribution >= 4 is 46.3 Å². The van der Waals surface area contributed by atoms with Crippen molar-refractivity contribution in [2.45, 2.75) is 27.3 Å².